The largest absolute Gasteiger partial charge is 0.501 e. The molecule has 1 amide bonds. The third-order valence-corrected chi connectivity index (χ3v) is 6.29. The SMILES string of the molecule is CC(=O)N1CCC(Nc2ccc(S(=O)(=O)C(F)(F)F)cc2)c2ccc(F)cc2C1. The highest BCUT2D eigenvalue weighted by Gasteiger charge is 2.46. The summed E-state index contributed by atoms with van der Waals surface area (Å²) in [5.74, 6) is -0.586. The Hall–Kier alpha value is -2.62. The van der Waals surface area contributed by atoms with Crippen LogP contribution in [0.5, 0.6) is 0 Å². The number of fused-ring (bicyclic) bond motifs is 1. The monoisotopic (exact) mass is 430 g/mol. The first kappa shape index (κ1) is 21.1. The second kappa shape index (κ2) is 7.66. The molecular formula is C19H18F4N2O3S. The van der Waals surface area contributed by atoms with Gasteiger partial charge in [-0.3, -0.25) is 4.79 Å². The van der Waals surface area contributed by atoms with E-state index in [0.717, 1.165) is 17.7 Å². The van der Waals surface area contributed by atoms with Gasteiger partial charge >= 0.3 is 5.51 Å². The van der Waals surface area contributed by atoms with Gasteiger partial charge in [-0.2, -0.15) is 13.2 Å². The van der Waals surface area contributed by atoms with Crippen LogP contribution in [0.15, 0.2) is 47.4 Å². The molecule has 0 spiro atoms. The minimum absolute atomic E-state index is 0.150. The van der Waals surface area contributed by atoms with E-state index in [4.69, 9.17) is 0 Å². The summed E-state index contributed by atoms with van der Waals surface area (Å²) < 4.78 is 74.7. The second-order valence-corrected chi connectivity index (χ2v) is 8.68. The van der Waals surface area contributed by atoms with Crippen LogP contribution in [0.1, 0.15) is 30.5 Å². The molecular weight excluding hydrogens is 412 g/mol. The highest BCUT2D eigenvalue weighted by molar-refractivity contribution is 7.92. The summed E-state index contributed by atoms with van der Waals surface area (Å²) in [6, 6.07) is 8.18. The number of benzene rings is 2. The van der Waals surface area contributed by atoms with Crippen molar-refractivity contribution in [1.82, 2.24) is 4.90 Å². The first-order chi connectivity index (χ1) is 13.5. The molecule has 0 saturated heterocycles. The Morgan fingerprint density at radius 1 is 1.14 bits per heavy atom. The van der Waals surface area contributed by atoms with Crippen LogP contribution >= 0.6 is 0 Å². The molecule has 1 aliphatic heterocycles. The second-order valence-electron chi connectivity index (χ2n) is 6.74. The number of hydrogen-bond donors (Lipinski definition) is 1. The van der Waals surface area contributed by atoms with Crippen LogP contribution in [0.25, 0.3) is 0 Å². The van der Waals surface area contributed by atoms with Gasteiger partial charge in [-0.25, -0.2) is 12.8 Å². The lowest BCUT2D eigenvalue weighted by atomic mass is 9.99. The van der Waals surface area contributed by atoms with E-state index in [0.29, 0.717) is 24.2 Å². The Balaban J connectivity index is 1.88. The molecule has 0 aromatic heterocycles. The van der Waals surface area contributed by atoms with Gasteiger partial charge in [0.1, 0.15) is 5.82 Å². The minimum atomic E-state index is -5.42. The lowest BCUT2D eigenvalue weighted by Gasteiger charge is -2.21. The van der Waals surface area contributed by atoms with E-state index < -0.39 is 26.1 Å². The normalized spacial score (nSPS) is 17.4. The Bertz CT molecular complexity index is 1020. The van der Waals surface area contributed by atoms with Crippen LogP contribution in [0.2, 0.25) is 0 Å². The highest BCUT2D eigenvalue weighted by Crippen LogP contribution is 2.33. The smallest absolute Gasteiger partial charge is 0.378 e. The van der Waals surface area contributed by atoms with Gasteiger partial charge in [0.25, 0.3) is 9.84 Å². The zero-order chi connectivity index (χ0) is 21.4. The van der Waals surface area contributed by atoms with Crippen molar-refractivity contribution >= 4 is 21.4 Å². The fourth-order valence-electron chi connectivity index (χ4n) is 3.26. The Morgan fingerprint density at radius 3 is 2.38 bits per heavy atom. The van der Waals surface area contributed by atoms with Gasteiger partial charge in [0, 0.05) is 25.7 Å². The number of carbonyl (C=O) groups is 1. The van der Waals surface area contributed by atoms with Crippen molar-refractivity contribution in [2.75, 3.05) is 11.9 Å². The van der Waals surface area contributed by atoms with Gasteiger partial charge in [0.05, 0.1) is 10.9 Å². The van der Waals surface area contributed by atoms with Crippen molar-refractivity contribution in [3.63, 3.8) is 0 Å². The van der Waals surface area contributed by atoms with E-state index in [2.05, 4.69) is 5.32 Å². The number of rotatable bonds is 3. The fourth-order valence-corrected chi connectivity index (χ4v) is 4.02. The summed E-state index contributed by atoms with van der Waals surface area (Å²) >= 11 is 0. The average molecular weight is 430 g/mol. The molecule has 0 saturated carbocycles. The molecule has 0 radical (unpaired) electrons. The predicted octanol–water partition coefficient (Wildman–Crippen LogP) is 4.02. The number of halogens is 4. The molecule has 0 fully saturated rings. The van der Waals surface area contributed by atoms with Gasteiger partial charge in [-0.15, -0.1) is 0 Å². The van der Waals surface area contributed by atoms with Crippen molar-refractivity contribution in [1.29, 1.82) is 0 Å². The van der Waals surface area contributed by atoms with E-state index in [1.54, 1.807) is 11.0 Å². The number of anilines is 1. The number of alkyl halides is 3. The van der Waals surface area contributed by atoms with Crippen molar-refractivity contribution in [3.05, 3.63) is 59.4 Å². The summed E-state index contributed by atoms with van der Waals surface area (Å²) in [5.41, 5.74) is -3.57. The van der Waals surface area contributed by atoms with E-state index in [1.807, 2.05) is 0 Å². The summed E-state index contributed by atoms with van der Waals surface area (Å²) in [5, 5.41) is 3.14. The predicted molar refractivity (Wildman–Crippen MR) is 98.2 cm³/mol. The number of nitrogens with zero attached hydrogens (tertiary/aromatic N) is 1. The van der Waals surface area contributed by atoms with E-state index in [1.165, 1.54) is 31.2 Å². The third kappa shape index (κ3) is 4.36. The van der Waals surface area contributed by atoms with Gasteiger partial charge in [-0.05, 0) is 53.9 Å². The number of sulfone groups is 1. The lowest BCUT2D eigenvalue weighted by molar-refractivity contribution is -0.129. The summed E-state index contributed by atoms with van der Waals surface area (Å²) in [6.07, 6.45) is 0.487. The molecule has 3 rings (SSSR count). The Kier molecular flexibility index (Phi) is 5.57. The van der Waals surface area contributed by atoms with Crippen molar-refractivity contribution < 1.29 is 30.8 Å². The molecule has 2 aromatic carbocycles. The maximum atomic E-state index is 13.7. The first-order valence-electron chi connectivity index (χ1n) is 8.71. The van der Waals surface area contributed by atoms with Crippen molar-refractivity contribution in [3.8, 4) is 0 Å². The van der Waals surface area contributed by atoms with Gasteiger partial charge in [0.15, 0.2) is 0 Å². The topological polar surface area (TPSA) is 66.5 Å². The maximum absolute atomic E-state index is 13.7. The van der Waals surface area contributed by atoms with Gasteiger partial charge in [-0.1, -0.05) is 6.07 Å². The summed E-state index contributed by atoms with van der Waals surface area (Å²) in [4.78, 5) is 12.5. The molecule has 0 bridgehead atoms. The van der Waals surface area contributed by atoms with Crippen LogP contribution < -0.4 is 5.32 Å². The van der Waals surface area contributed by atoms with Crippen LogP contribution in [0.4, 0.5) is 23.2 Å². The van der Waals surface area contributed by atoms with E-state index in [9.17, 15) is 30.8 Å². The molecule has 1 atom stereocenters. The molecule has 10 heteroatoms. The Morgan fingerprint density at radius 2 is 1.79 bits per heavy atom. The van der Waals surface area contributed by atoms with Gasteiger partial charge in [0.2, 0.25) is 5.91 Å². The van der Waals surface area contributed by atoms with Crippen LogP contribution in [0.3, 0.4) is 0 Å². The summed E-state index contributed by atoms with van der Waals surface area (Å²) in [6.45, 7) is 2.08. The first-order valence-corrected chi connectivity index (χ1v) is 10.2. The third-order valence-electron chi connectivity index (χ3n) is 4.78. The molecule has 1 N–H and O–H groups in total. The van der Waals surface area contributed by atoms with E-state index in [-0.39, 0.29) is 18.5 Å². The van der Waals surface area contributed by atoms with Crippen LogP contribution in [0, 0.1) is 5.82 Å². The van der Waals surface area contributed by atoms with Crippen molar-refractivity contribution in [2.24, 2.45) is 0 Å². The standard InChI is InChI=1S/C19H18F4N2O3S/c1-12(26)25-9-8-18(17-7-2-14(20)10-13(17)11-25)24-15-3-5-16(6-4-15)29(27,28)19(21,22)23/h2-7,10,18,24H,8-9,11H2,1H3. The fraction of sp³-hybridized carbons (Fsp3) is 0.316. The Labute approximate surface area is 165 Å². The summed E-state index contributed by atoms with van der Waals surface area (Å²) in [7, 11) is -5.42. The lowest BCUT2D eigenvalue weighted by Crippen LogP contribution is -2.28. The zero-order valence-electron chi connectivity index (χ0n) is 15.3. The van der Waals surface area contributed by atoms with Crippen LogP contribution in [-0.4, -0.2) is 31.3 Å². The van der Waals surface area contributed by atoms with Crippen molar-refractivity contribution in [2.45, 2.75) is 36.3 Å². The molecule has 2 aromatic rings. The van der Waals surface area contributed by atoms with Crippen LogP contribution in [-0.2, 0) is 21.2 Å². The molecule has 5 nitrogen and oxygen atoms in total. The molecule has 1 heterocycles. The zero-order valence-corrected chi connectivity index (χ0v) is 16.1. The highest BCUT2D eigenvalue weighted by atomic mass is 32.2. The molecule has 156 valence electrons. The molecule has 29 heavy (non-hydrogen) atoms. The number of amides is 1. The number of nitrogens with one attached hydrogen (secondary N) is 1. The quantitative estimate of drug-likeness (QED) is 0.747. The minimum Gasteiger partial charge on any atom is -0.378 e. The average Bonchev–Trinajstić information content (AvgIpc) is 2.80. The molecule has 1 unspecified atom stereocenters. The molecule has 0 aliphatic carbocycles. The van der Waals surface area contributed by atoms with E-state index >= 15 is 0 Å². The molecule has 1 aliphatic rings. The maximum Gasteiger partial charge on any atom is 0.501 e. The van der Waals surface area contributed by atoms with Gasteiger partial charge < -0.3 is 10.2 Å². The number of carbonyl (C=O) groups excluding carboxylic acids is 1. The number of hydrogen-bond acceptors (Lipinski definition) is 4.